The molecule has 72 valence electrons. The number of ether oxygens (including phenoxy) is 1. The van der Waals surface area contributed by atoms with E-state index in [0.29, 0.717) is 5.52 Å². The van der Waals surface area contributed by atoms with E-state index in [1.54, 1.807) is 0 Å². The van der Waals surface area contributed by atoms with Crippen molar-refractivity contribution in [2.75, 3.05) is 7.11 Å². The summed E-state index contributed by atoms with van der Waals surface area (Å²) in [6.07, 6.45) is 0. The molecule has 0 radical (unpaired) electrons. The van der Waals surface area contributed by atoms with E-state index in [9.17, 15) is 9.18 Å². The Balaban J connectivity index is 2.56. The van der Waals surface area contributed by atoms with Crippen molar-refractivity contribution in [3.05, 3.63) is 29.9 Å². The van der Waals surface area contributed by atoms with Crippen LogP contribution >= 0.6 is 0 Å². The molecule has 0 atom stereocenters. The van der Waals surface area contributed by atoms with Crippen LogP contribution in [0.25, 0.3) is 11.1 Å². The van der Waals surface area contributed by atoms with Gasteiger partial charge in [0, 0.05) is 6.07 Å². The highest BCUT2D eigenvalue weighted by molar-refractivity contribution is 5.87. The predicted octanol–water partition coefficient (Wildman–Crippen LogP) is 1.75. The molecule has 2 aromatic rings. The van der Waals surface area contributed by atoms with Crippen molar-refractivity contribution in [3.8, 4) is 0 Å². The molecule has 0 amide bonds. The van der Waals surface area contributed by atoms with Gasteiger partial charge in [0.05, 0.1) is 7.11 Å². The number of carbonyl (C=O) groups is 1. The van der Waals surface area contributed by atoms with Crippen LogP contribution in [-0.4, -0.2) is 18.1 Å². The quantitative estimate of drug-likeness (QED) is 0.650. The SMILES string of the molecule is COC(=O)c1nc2ccc(F)cc2o1. The van der Waals surface area contributed by atoms with Crippen LogP contribution in [0.3, 0.4) is 0 Å². The van der Waals surface area contributed by atoms with Crippen molar-refractivity contribution in [3.63, 3.8) is 0 Å². The molecule has 0 fully saturated rings. The summed E-state index contributed by atoms with van der Waals surface area (Å²) in [7, 11) is 1.22. The van der Waals surface area contributed by atoms with Gasteiger partial charge in [-0.25, -0.2) is 14.2 Å². The number of aromatic nitrogens is 1. The van der Waals surface area contributed by atoms with Gasteiger partial charge in [0.2, 0.25) is 0 Å². The van der Waals surface area contributed by atoms with Crippen molar-refractivity contribution in [2.24, 2.45) is 0 Å². The third-order valence-corrected chi connectivity index (χ3v) is 1.71. The highest BCUT2D eigenvalue weighted by Crippen LogP contribution is 2.16. The molecule has 14 heavy (non-hydrogen) atoms. The van der Waals surface area contributed by atoms with Crippen LogP contribution in [0.5, 0.6) is 0 Å². The Labute approximate surface area is 78.3 Å². The molecule has 1 aromatic heterocycles. The molecule has 5 heteroatoms. The minimum Gasteiger partial charge on any atom is -0.462 e. The Bertz CT molecular complexity index is 492. The van der Waals surface area contributed by atoms with E-state index in [-0.39, 0.29) is 11.5 Å². The van der Waals surface area contributed by atoms with E-state index < -0.39 is 11.8 Å². The van der Waals surface area contributed by atoms with Crippen molar-refractivity contribution in [2.45, 2.75) is 0 Å². The molecule has 2 rings (SSSR count). The van der Waals surface area contributed by atoms with Crippen LogP contribution in [-0.2, 0) is 4.74 Å². The summed E-state index contributed by atoms with van der Waals surface area (Å²) in [6, 6.07) is 3.83. The van der Waals surface area contributed by atoms with E-state index >= 15 is 0 Å². The van der Waals surface area contributed by atoms with Crippen molar-refractivity contribution in [1.82, 2.24) is 4.98 Å². The van der Waals surface area contributed by atoms with Crippen molar-refractivity contribution < 1.29 is 18.3 Å². The average molecular weight is 195 g/mol. The zero-order valence-corrected chi connectivity index (χ0v) is 7.28. The smallest absolute Gasteiger partial charge is 0.394 e. The number of carbonyl (C=O) groups excluding carboxylic acids is 1. The van der Waals surface area contributed by atoms with Gasteiger partial charge in [-0.3, -0.25) is 0 Å². The number of methoxy groups -OCH3 is 1. The zero-order valence-electron chi connectivity index (χ0n) is 7.28. The fourth-order valence-electron chi connectivity index (χ4n) is 1.07. The van der Waals surface area contributed by atoms with Gasteiger partial charge in [-0.15, -0.1) is 0 Å². The molecular formula is C9H6FNO3. The Kier molecular flexibility index (Phi) is 1.92. The van der Waals surface area contributed by atoms with Crippen LogP contribution < -0.4 is 0 Å². The maximum atomic E-state index is 12.7. The molecule has 0 bridgehead atoms. The first-order valence-electron chi connectivity index (χ1n) is 3.85. The third kappa shape index (κ3) is 1.32. The number of esters is 1. The Morgan fingerprint density at radius 3 is 3.07 bits per heavy atom. The minimum atomic E-state index is -0.679. The van der Waals surface area contributed by atoms with Crippen LogP contribution in [0.1, 0.15) is 10.7 Å². The van der Waals surface area contributed by atoms with Crippen LogP contribution in [0.2, 0.25) is 0 Å². The number of hydrogen-bond acceptors (Lipinski definition) is 4. The second-order valence-electron chi connectivity index (χ2n) is 2.62. The first-order valence-corrected chi connectivity index (χ1v) is 3.85. The van der Waals surface area contributed by atoms with E-state index in [0.717, 1.165) is 6.07 Å². The molecule has 4 nitrogen and oxygen atoms in total. The summed E-state index contributed by atoms with van der Waals surface area (Å²) >= 11 is 0. The predicted molar refractivity (Wildman–Crippen MR) is 45.3 cm³/mol. The number of halogens is 1. The standard InChI is InChI=1S/C9H6FNO3/c1-13-9(12)8-11-6-3-2-5(10)4-7(6)14-8/h2-4H,1H3. The van der Waals surface area contributed by atoms with Gasteiger partial charge in [0.15, 0.2) is 5.58 Å². The van der Waals surface area contributed by atoms with E-state index in [2.05, 4.69) is 9.72 Å². The number of nitrogens with zero attached hydrogens (tertiary/aromatic N) is 1. The molecule has 0 spiro atoms. The Morgan fingerprint density at radius 1 is 1.57 bits per heavy atom. The van der Waals surface area contributed by atoms with Crippen LogP contribution in [0, 0.1) is 5.82 Å². The molecule has 0 saturated carbocycles. The van der Waals surface area contributed by atoms with Crippen molar-refractivity contribution >= 4 is 17.1 Å². The second-order valence-corrected chi connectivity index (χ2v) is 2.62. The second kappa shape index (κ2) is 3.10. The van der Waals surface area contributed by atoms with Gasteiger partial charge in [-0.2, -0.15) is 0 Å². The molecule has 0 aliphatic carbocycles. The molecule has 0 aliphatic heterocycles. The summed E-state index contributed by atoms with van der Waals surface area (Å²) in [5, 5.41) is 0. The minimum absolute atomic E-state index is 0.173. The molecule has 0 N–H and O–H groups in total. The number of rotatable bonds is 1. The molecule has 1 heterocycles. The van der Waals surface area contributed by atoms with Gasteiger partial charge in [0.25, 0.3) is 0 Å². The lowest BCUT2D eigenvalue weighted by atomic mass is 10.3. The molecule has 1 aromatic carbocycles. The average Bonchev–Trinajstić information content (AvgIpc) is 2.59. The normalized spacial score (nSPS) is 10.4. The van der Waals surface area contributed by atoms with Crippen LogP contribution in [0.4, 0.5) is 4.39 Å². The Morgan fingerprint density at radius 2 is 2.36 bits per heavy atom. The first-order chi connectivity index (χ1) is 6.70. The lowest BCUT2D eigenvalue weighted by Crippen LogP contribution is -2.00. The van der Waals surface area contributed by atoms with Gasteiger partial charge < -0.3 is 9.15 Å². The van der Waals surface area contributed by atoms with Crippen LogP contribution in [0.15, 0.2) is 22.6 Å². The summed E-state index contributed by atoms with van der Waals surface area (Å²) < 4.78 is 22.1. The maximum absolute atomic E-state index is 12.7. The lowest BCUT2D eigenvalue weighted by molar-refractivity contribution is 0.0558. The fourth-order valence-corrected chi connectivity index (χ4v) is 1.07. The lowest BCUT2D eigenvalue weighted by Gasteiger charge is -1.88. The largest absolute Gasteiger partial charge is 0.462 e. The van der Waals surface area contributed by atoms with Gasteiger partial charge in [0.1, 0.15) is 11.3 Å². The summed E-state index contributed by atoms with van der Waals surface area (Å²) in [6.45, 7) is 0. The number of hydrogen-bond donors (Lipinski definition) is 0. The number of fused-ring (bicyclic) bond motifs is 1. The third-order valence-electron chi connectivity index (χ3n) is 1.71. The van der Waals surface area contributed by atoms with Gasteiger partial charge >= 0.3 is 11.9 Å². The molecule has 0 saturated heterocycles. The zero-order chi connectivity index (χ0) is 10.1. The van der Waals surface area contributed by atoms with E-state index in [1.807, 2.05) is 0 Å². The molecule has 0 unspecified atom stereocenters. The summed E-state index contributed by atoms with van der Waals surface area (Å²) in [5.74, 6) is -1.29. The van der Waals surface area contributed by atoms with Gasteiger partial charge in [-0.05, 0) is 12.1 Å². The van der Waals surface area contributed by atoms with E-state index in [4.69, 9.17) is 4.42 Å². The fraction of sp³-hybridized carbons (Fsp3) is 0.111. The molecule has 0 aliphatic rings. The highest BCUT2D eigenvalue weighted by Gasteiger charge is 2.14. The Hall–Kier alpha value is -1.91. The maximum Gasteiger partial charge on any atom is 0.394 e. The molecular weight excluding hydrogens is 189 g/mol. The first kappa shape index (κ1) is 8.68. The summed E-state index contributed by atoms with van der Waals surface area (Å²) in [5.41, 5.74) is 0.650. The summed E-state index contributed by atoms with van der Waals surface area (Å²) in [4.78, 5) is 14.8. The number of oxazole rings is 1. The monoisotopic (exact) mass is 195 g/mol. The highest BCUT2D eigenvalue weighted by atomic mass is 19.1. The van der Waals surface area contributed by atoms with Gasteiger partial charge in [-0.1, -0.05) is 0 Å². The number of benzene rings is 1. The topological polar surface area (TPSA) is 52.3 Å². The van der Waals surface area contributed by atoms with Crippen molar-refractivity contribution in [1.29, 1.82) is 0 Å². The van der Waals surface area contributed by atoms with E-state index in [1.165, 1.54) is 19.2 Å².